The molecule has 2 N–H and O–H groups in total. The summed E-state index contributed by atoms with van der Waals surface area (Å²) in [4.78, 5) is 21.4. The maximum Gasteiger partial charge on any atom is 0.274 e. The SMILES string of the molecule is Cc1ccc(-c2noc(CCNS(C)(=O)=O)n2)cc1NC(=O)c1cnc2ccccn12. The van der Waals surface area contributed by atoms with Crippen LogP contribution >= 0.6 is 0 Å². The molecule has 0 aliphatic carbocycles. The van der Waals surface area contributed by atoms with Gasteiger partial charge in [-0.1, -0.05) is 23.4 Å². The van der Waals surface area contributed by atoms with Gasteiger partial charge in [-0.15, -0.1) is 0 Å². The topological polar surface area (TPSA) is 131 Å². The molecule has 0 saturated heterocycles. The zero-order valence-corrected chi connectivity index (χ0v) is 17.7. The molecular weight excluding hydrogens is 420 g/mol. The lowest BCUT2D eigenvalue weighted by atomic mass is 10.1. The number of aryl methyl sites for hydroxylation is 1. The van der Waals surface area contributed by atoms with Crippen molar-refractivity contribution >= 4 is 27.3 Å². The number of carbonyl (C=O) groups is 1. The minimum Gasteiger partial charge on any atom is -0.339 e. The van der Waals surface area contributed by atoms with Crippen LogP contribution in [0, 0.1) is 6.92 Å². The highest BCUT2D eigenvalue weighted by molar-refractivity contribution is 7.88. The zero-order chi connectivity index (χ0) is 22.0. The highest BCUT2D eigenvalue weighted by Crippen LogP contribution is 2.24. The molecule has 1 aromatic carbocycles. The molecule has 0 aliphatic rings. The molecule has 0 fully saturated rings. The number of rotatable bonds is 7. The van der Waals surface area contributed by atoms with Gasteiger partial charge < -0.3 is 9.84 Å². The van der Waals surface area contributed by atoms with Gasteiger partial charge in [-0.05, 0) is 30.7 Å². The van der Waals surface area contributed by atoms with Crippen molar-refractivity contribution in [3.05, 3.63) is 65.9 Å². The molecule has 3 aromatic heterocycles. The van der Waals surface area contributed by atoms with Crippen molar-refractivity contribution in [2.24, 2.45) is 0 Å². The van der Waals surface area contributed by atoms with E-state index in [2.05, 4.69) is 25.2 Å². The minimum absolute atomic E-state index is 0.162. The minimum atomic E-state index is -3.28. The first kappa shape index (κ1) is 20.7. The fraction of sp³-hybridized carbons (Fsp3) is 0.200. The lowest BCUT2D eigenvalue weighted by molar-refractivity contribution is 0.102. The second kappa shape index (κ2) is 8.28. The number of aromatic nitrogens is 4. The van der Waals surface area contributed by atoms with Crippen LogP contribution in [-0.4, -0.2) is 46.7 Å². The second-order valence-corrected chi connectivity index (χ2v) is 8.82. The monoisotopic (exact) mass is 440 g/mol. The van der Waals surface area contributed by atoms with Gasteiger partial charge >= 0.3 is 0 Å². The average Bonchev–Trinajstić information content (AvgIpc) is 3.36. The molecule has 11 heteroatoms. The highest BCUT2D eigenvalue weighted by atomic mass is 32.2. The van der Waals surface area contributed by atoms with E-state index in [1.54, 1.807) is 16.7 Å². The van der Waals surface area contributed by atoms with E-state index in [1.807, 2.05) is 37.3 Å². The first-order valence-corrected chi connectivity index (χ1v) is 11.3. The van der Waals surface area contributed by atoms with Crippen LogP contribution in [0.2, 0.25) is 0 Å². The Morgan fingerprint density at radius 2 is 2.06 bits per heavy atom. The average molecular weight is 440 g/mol. The lowest BCUT2D eigenvalue weighted by Crippen LogP contribution is -2.24. The Kier molecular flexibility index (Phi) is 5.53. The largest absolute Gasteiger partial charge is 0.339 e. The Morgan fingerprint density at radius 3 is 2.87 bits per heavy atom. The van der Waals surface area contributed by atoms with Crippen LogP contribution in [0.3, 0.4) is 0 Å². The lowest BCUT2D eigenvalue weighted by Gasteiger charge is -2.09. The molecule has 4 rings (SSSR count). The molecule has 0 bridgehead atoms. The van der Waals surface area contributed by atoms with Crippen molar-refractivity contribution in [3.8, 4) is 11.4 Å². The molecule has 160 valence electrons. The van der Waals surface area contributed by atoms with Gasteiger partial charge in [-0.2, -0.15) is 4.98 Å². The summed E-state index contributed by atoms with van der Waals surface area (Å²) < 4.78 is 31.6. The van der Waals surface area contributed by atoms with Gasteiger partial charge in [0.2, 0.25) is 21.7 Å². The number of carbonyl (C=O) groups excluding carboxylic acids is 1. The number of nitrogens with zero attached hydrogens (tertiary/aromatic N) is 4. The first-order chi connectivity index (χ1) is 14.8. The molecule has 0 radical (unpaired) electrons. The summed E-state index contributed by atoms with van der Waals surface area (Å²) in [6.07, 6.45) is 4.66. The molecule has 0 saturated carbocycles. The van der Waals surface area contributed by atoms with Crippen molar-refractivity contribution in [3.63, 3.8) is 0 Å². The van der Waals surface area contributed by atoms with Crippen LogP contribution in [0.1, 0.15) is 21.9 Å². The number of imidazole rings is 1. The predicted octanol–water partition coefficient (Wildman–Crippen LogP) is 2.04. The fourth-order valence-corrected chi connectivity index (χ4v) is 3.47. The third kappa shape index (κ3) is 4.78. The second-order valence-electron chi connectivity index (χ2n) is 6.98. The number of fused-ring (bicyclic) bond motifs is 1. The van der Waals surface area contributed by atoms with Gasteiger partial charge in [0, 0.05) is 30.4 Å². The third-order valence-corrected chi connectivity index (χ3v) is 5.29. The van der Waals surface area contributed by atoms with Crippen molar-refractivity contribution in [1.29, 1.82) is 0 Å². The van der Waals surface area contributed by atoms with E-state index in [1.165, 1.54) is 6.20 Å². The maximum atomic E-state index is 12.8. The van der Waals surface area contributed by atoms with Crippen LogP contribution < -0.4 is 10.0 Å². The van der Waals surface area contributed by atoms with Crippen molar-refractivity contribution in [2.75, 3.05) is 18.1 Å². The van der Waals surface area contributed by atoms with E-state index in [0.29, 0.717) is 34.3 Å². The molecule has 0 unspecified atom stereocenters. The standard InChI is InChI=1S/C20H20N6O4S/c1-13-6-7-14(19-24-18(30-25-19)8-9-22-31(2,28)29)11-15(13)23-20(27)16-12-21-17-5-3-4-10-26(16)17/h3-7,10-12,22H,8-9H2,1-2H3,(H,23,27). The number of pyridine rings is 1. The number of benzene rings is 1. The van der Waals surface area contributed by atoms with Crippen molar-refractivity contribution < 1.29 is 17.7 Å². The number of sulfonamides is 1. The summed E-state index contributed by atoms with van der Waals surface area (Å²) in [6.45, 7) is 2.04. The maximum absolute atomic E-state index is 12.8. The molecule has 0 aliphatic heterocycles. The molecule has 0 atom stereocenters. The summed E-state index contributed by atoms with van der Waals surface area (Å²) in [7, 11) is -3.28. The number of hydrogen-bond acceptors (Lipinski definition) is 7. The Labute approximate surface area is 178 Å². The molecular formula is C20H20N6O4S. The number of hydrogen-bond donors (Lipinski definition) is 2. The van der Waals surface area contributed by atoms with E-state index < -0.39 is 10.0 Å². The van der Waals surface area contributed by atoms with Crippen LogP contribution in [0.5, 0.6) is 0 Å². The van der Waals surface area contributed by atoms with Gasteiger partial charge in [-0.3, -0.25) is 9.20 Å². The zero-order valence-electron chi connectivity index (χ0n) is 16.9. The van der Waals surface area contributed by atoms with Crippen LogP contribution in [-0.2, 0) is 16.4 Å². The van der Waals surface area contributed by atoms with Crippen molar-refractivity contribution in [2.45, 2.75) is 13.3 Å². The van der Waals surface area contributed by atoms with E-state index in [-0.39, 0.29) is 18.9 Å². The Morgan fingerprint density at radius 1 is 1.23 bits per heavy atom. The highest BCUT2D eigenvalue weighted by Gasteiger charge is 2.15. The quantitative estimate of drug-likeness (QED) is 0.449. The fourth-order valence-electron chi connectivity index (χ4n) is 3.00. The smallest absolute Gasteiger partial charge is 0.274 e. The summed E-state index contributed by atoms with van der Waals surface area (Å²) in [5.74, 6) is 0.363. The molecule has 0 spiro atoms. The van der Waals surface area contributed by atoms with Crippen molar-refractivity contribution in [1.82, 2.24) is 24.2 Å². The molecule has 31 heavy (non-hydrogen) atoms. The van der Waals surface area contributed by atoms with Gasteiger partial charge in [0.25, 0.3) is 5.91 Å². The normalized spacial score (nSPS) is 11.7. The first-order valence-electron chi connectivity index (χ1n) is 9.42. The predicted molar refractivity (Wildman–Crippen MR) is 114 cm³/mol. The van der Waals surface area contributed by atoms with Crippen LogP contribution in [0.15, 0.2) is 53.3 Å². The van der Waals surface area contributed by atoms with Gasteiger partial charge in [0.15, 0.2) is 0 Å². The van der Waals surface area contributed by atoms with E-state index >= 15 is 0 Å². The summed E-state index contributed by atoms with van der Waals surface area (Å²) in [6, 6.07) is 10.9. The number of anilines is 1. The number of amides is 1. The Bertz CT molecular complexity index is 1360. The van der Waals surface area contributed by atoms with E-state index in [0.717, 1.165) is 11.8 Å². The van der Waals surface area contributed by atoms with Gasteiger partial charge in [0.1, 0.15) is 11.3 Å². The van der Waals surface area contributed by atoms with Gasteiger partial charge in [-0.25, -0.2) is 18.1 Å². The summed E-state index contributed by atoms with van der Waals surface area (Å²) >= 11 is 0. The molecule has 10 nitrogen and oxygen atoms in total. The third-order valence-electron chi connectivity index (χ3n) is 4.56. The summed E-state index contributed by atoms with van der Waals surface area (Å²) in [5, 5.41) is 6.86. The molecule has 1 amide bonds. The van der Waals surface area contributed by atoms with Gasteiger partial charge in [0.05, 0.1) is 12.5 Å². The van der Waals surface area contributed by atoms with Crippen LogP contribution in [0.25, 0.3) is 17.0 Å². The Hall–Kier alpha value is -3.57. The molecule has 4 aromatic rings. The Balaban J connectivity index is 1.52. The molecule has 3 heterocycles. The van der Waals surface area contributed by atoms with Crippen LogP contribution in [0.4, 0.5) is 5.69 Å². The number of nitrogens with one attached hydrogen (secondary N) is 2. The summed E-state index contributed by atoms with van der Waals surface area (Å²) in [5.41, 5.74) is 3.24. The van der Waals surface area contributed by atoms with E-state index in [9.17, 15) is 13.2 Å². The van der Waals surface area contributed by atoms with E-state index in [4.69, 9.17) is 4.52 Å².